The molecule has 1 aromatic heterocycles. The van der Waals surface area contributed by atoms with Gasteiger partial charge in [0.25, 0.3) is 5.91 Å². The van der Waals surface area contributed by atoms with Crippen LogP contribution in [0, 0.1) is 0 Å². The van der Waals surface area contributed by atoms with Crippen LogP contribution in [0.2, 0.25) is 0 Å². The minimum atomic E-state index is -1.05. The minimum absolute atomic E-state index is 0.199. The van der Waals surface area contributed by atoms with Gasteiger partial charge in [-0.05, 0) is 6.07 Å². The fraction of sp³-hybridized carbons (Fsp3) is 0.143. The third kappa shape index (κ3) is 2.65. The van der Waals surface area contributed by atoms with Crippen molar-refractivity contribution >= 4 is 22.8 Å². The van der Waals surface area contributed by atoms with Crippen molar-refractivity contribution in [1.29, 1.82) is 0 Å². The molecule has 0 spiro atoms. The van der Waals surface area contributed by atoms with Crippen LogP contribution in [-0.2, 0) is 4.79 Å². The second-order valence-corrected chi connectivity index (χ2v) is 4.12. The van der Waals surface area contributed by atoms with Gasteiger partial charge in [0, 0.05) is 23.6 Å². The summed E-state index contributed by atoms with van der Waals surface area (Å²) in [4.78, 5) is 27.4. The lowest BCUT2D eigenvalue weighted by Gasteiger charge is -2.18. The largest absolute Gasteiger partial charge is 0.480 e. The van der Waals surface area contributed by atoms with Gasteiger partial charge in [-0.3, -0.25) is 9.59 Å². The smallest absolute Gasteiger partial charge is 0.323 e. The number of carboxylic acids is 1. The Hall–Kier alpha value is -2.56. The highest BCUT2D eigenvalue weighted by Crippen LogP contribution is 2.19. The first-order valence-electron chi connectivity index (χ1n) is 5.81. The average Bonchev–Trinajstić information content (AvgIpc) is 2.80. The SMILES string of the molecule is C=CCN(CC(=O)O)C(=O)c1c[nH]c2ccccc12. The molecule has 2 rings (SSSR count). The van der Waals surface area contributed by atoms with Crippen molar-refractivity contribution < 1.29 is 14.7 Å². The quantitative estimate of drug-likeness (QED) is 0.804. The molecular weight excluding hydrogens is 244 g/mol. The Bertz CT molecular complexity index is 630. The van der Waals surface area contributed by atoms with Crippen LogP contribution in [0.25, 0.3) is 10.9 Å². The van der Waals surface area contributed by atoms with E-state index >= 15 is 0 Å². The van der Waals surface area contributed by atoms with Crippen LogP contribution in [0.15, 0.2) is 43.1 Å². The van der Waals surface area contributed by atoms with Gasteiger partial charge in [0.15, 0.2) is 0 Å². The molecule has 19 heavy (non-hydrogen) atoms. The second-order valence-electron chi connectivity index (χ2n) is 4.12. The van der Waals surface area contributed by atoms with E-state index in [1.54, 1.807) is 6.20 Å². The van der Waals surface area contributed by atoms with E-state index in [4.69, 9.17) is 5.11 Å². The summed E-state index contributed by atoms with van der Waals surface area (Å²) < 4.78 is 0. The third-order valence-corrected chi connectivity index (χ3v) is 2.78. The molecule has 5 nitrogen and oxygen atoms in total. The third-order valence-electron chi connectivity index (χ3n) is 2.78. The molecule has 98 valence electrons. The number of carbonyl (C=O) groups excluding carboxylic acids is 1. The summed E-state index contributed by atoms with van der Waals surface area (Å²) in [5.41, 5.74) is 1.32. The molecule has 2 N–H and O–H groups in total. The molecule has 0 fully saturated rings. The normalized spacial score (nSPS) is 10.3. The lowest BCUT2D eigenvalue weighted by atomic mass is 10.1. The summed E-state index contributed by atoms with van der Waals surface area (Å²) in [5.74, 6) is -1.37. The number of nitrogens with one attached hydrogen (secondary N) is 1. The summed E-state index contributed by atoms with van der Waals surface area (Å²) in [6, 6.07) is 7.39. The Labute approximate surface area is 110 Å². The lowest BCUT2D eigenvalue weighted by Crippen LogP contribution is -2.35. The van der Waals surface area contributed by atoms with Gasteiger partial charge < -0.3 is 15.0 Å². The molecule has 0 saturated heterocycles. The number of amides is 1. The topological polar surface area (TPSA) is 73.4 Å². The summed E-state index contributed by atoms with van der Waals surface area (Å²) >= 11 is 0. The van der Waals surface area contributed by atoms with Crippen molar-refractivity contribution in [2.75, 3.05) is 13.1 Å². The zero-order valence-electron chi connectivity index (χ0n) is 10.3. The first-order chi connectivity index (χ1) is 9.13. The maximum atomic E-state index is 12.3. The van der Waals surface area contributed by atoms with Crippen LogP contribution in [0.1, 0.15) is 10.4 Å². The number of nitrogens with zero attached hydrogens (tertiary/aromatic N) is 1. The van der Waals surface area contributed by atoms with Gasteiger partial charge in [-0.1, -0.05) is 24.3 Å². The van der Waals surface area contributed by atoms with Gasteiger partial charge in [-0.2, -0.15) is 0 Å². The van der Waals surface area contributed by atoms with E-state index < -0.39 is 5.97 Å². The van der Waals surface area contributed by atoms with Crippen LogP contribution in [0.4, 0.5) is 0 Å². The highest BCUT2D eigenvalue weighted by Gasteiger charge is 2.20. The molecule has 1 amide bonds. The van der Waals surface area contributed by atoms with Gasteiger partial charge in [0.05, 0.1) is 5.56 Å². The Morgan fingerprint density at radius 3 is 2.79 bits per heavy atom. The molecule has 0 aliphatic heterocycles. The lowest BCUT2D eigenvalue weighted by molar-refractivity contribution is -0.137. The van der Waals surface area contributed by atoms with E-state index in [1.165, 1.54) is 11.0 Å². The van der Waals surface area contributed by atoms with E-state index in [0.29, 0.717) is 5.56 Å². The van der Waals surface area contributed by atoms with Crippen molar-refractivity contribution in [3.05, 3.63) is 48.7 Å². The molecule has 1 heterocycles. The molecule has 0 bridgehead atoms. The minimum Gasteiger partial charge on any atom is -0.480 e. The number of aliphatic carboxylic acids is 1. The Balaban J connectivity index is 2.35. The van der Waals surface area contributed by atoms with Crippen molar-refractivity contribution in [3.8, 4) is 0 Å². The fourth-order valence-corrected chi connectivity index (χ4v) is 1.96. The maximum Gasteiger partial charge on any atom is 0.323 e. The number of aromatic nitrogens is 1. The predicted octanol–water partition coefficient (Wildman–Crippen LogP) is 1.88. The number of benzene rings is 1. The van der Waals surface area contributed by atoms with Crippen LogP contribution in [0.3, 0.4) is 0 Å². The monoisotopic (exact) mass is 258 g/mol. The highest BCUT2D eigenvalue weighted by atomic mass is 16.4. The van der Waals surface area contributed by atoms with Gasteiger partial charge in [0.1, 0.15) is 6.54 Å². The Morgan fingerprint density at radius 2 is 2.11 bits per heavy atom. The molecule has 0 aliphatic rings. The predicted molar refractivity (Wildman–Crippen MR) is 72.0 cm³/mol. The summed E-state index contributed by atoms with van der Waals surface area (Å²) in [7, 11) is 0. The van der Waals surface area contributed by atoms with Crippen LogP contribution >= 0.6 is 0 Å². The molecular formula is C14H14N2O3. The zero-order valence-corrected chi connectivity index (χ0v) is 10.3. The molecule has 5 heteroatoms. The molecule has 1 aromatic carbocycles. The summed E-state index contributed by atoms with van der Waals surface area (Å²) in [6.07, 6.45) is 3.11. The second kappa shape index (κ2) is 5.39. The standard InChI is InChI=1S/C14H14N2O3/c1-2-7-16(9-13(17)18)14(19)11-8-15-12-6-4-3-5-10(11)12/h2-6,8,15H,1,7,9H2,(H,17,18). The summed E-state index contributed by atoms with van der Waals surface area (Å²) in [6.45, 7) is 3.40. The van der Waals surface area contributed by atoms with Crippen LogP contribution < -0.4 is 0 Å². The van der Waals surface area contributed by atoms with Crippen molar-refractivity contribution in [3.63, 3.8) is 0 Å². The zero-order chi connectivity index (χ0) is 13.8. The Morgan fingerprint density at radius 1 is 1.37 bits per heavy atom. The van der Waals surface area contributed by atoms with Gasteiger partial charge in [0.2, 0.25) is 0 Å². The number of hydrogen-bond donors (Lipinski definition) is 2. The molecule has 0 unspecified atom stereocenters. The van der Waals surface area contributed by atoms with Crippen molar-refractivity contribution in [1.82, 2.24) is 9.88 Å². The number of carboxylic acid groups (broad SMARTS) is 1. The first-order valence-corrected chi connectivity index (χ1v) is 5.81. The molecule has 2 aromatic rings. The van der Waals surface area contributed by atoms with E-state index in [-0.39, 0.29) is 19.0 Å². The van der Waals surface area contributed by atoms with Crippen molar-refractivity contribution in [2.45, 2.75) is 0 Å². The molecule has 0 aliphatic carbocycles. The molecule has 0 atom stereocenters. The van der Waals surface area contributed by atoms with Gasteiger partial charge in [-0.15, -0.1) is 6.58 Å². The Kier molecular flexibility index (Phi) is 3.66. The summed E-state index contributed by atoms with van der Waals surface area (Å²) in [5, 5.41) is 9.62. The molecule has 0 saturated carbocycles. The van der Waals surface area contributed by atoms with Crippen molar-refractivity contribution in [2.24, 2.45) is 0 Å². The first kappa shape index (κ1) is 12.9. The maximum absolute atomic E-state index is 12.3. The van der Waals surface area contributed by atoms with Crippen LogP contribution in [0.5, 0.6) is 0 Å². The number of carbonyl (C=O) groups is 2. The number of H-pyrrole nitrogens is 1. The average molecular weight is 258 g/mol. The van der Waals surface area contributed by atoms with Gasteiger partial charge >= 0.3 is 5.97 Å². The van der Waals surface area contributed by atoms with E-state index in [2.05, 4.69) is 11.6 Å². The number of fused-ring (bicyclic) bond motifs is 1. The number of hydrogen-bond acceptors (Lipinski definition) is 2. The van der Waals surface area contributed by atoms with E-state index in [0.717, 1.165) is 10.9 Å². The van der Waals surface area contributed by atoms with E-state index in [1.807, 2.05) is 24.3 Å². The number of para-hydroxylation sites is 1. The fourth-order valence-electron chi connectivity index (χ4n) is 1.96. The molecule has 0 radical (unpaired) electrons. The number of rotatable bonds is 5. The van der Waals surface area contributed by atoms with E-state index in [9.17, 15) is 9.59 Å². The van der Waals surface area contributed by atoms with Crippen LogP contribution in [-0.4, -0.2) is 40.0 Å². The van der Waals surface area contributed by atoms with Gasteiger partial charge in [-0.25, -0.2) is 0 Å². The highest BCUT2D eigenvalue weighted by molar-refractivity contribution is 6.07. The number of aromatic amines is 1.